The van der Waals surface area contributed by atoms with Gasteiger partial charge in [0.15, 0.2) is 0 Å². The van der Waals surface area contributed by atoms with Crippen molar-refractivity contribution >= 4 is 97.5 Å². The molecule has 0 radical (unpaired) electrons. The SMILES string of the molecule is c1ccc2c(c1)c1ccccc1c1cc(-c3cnc4c(n3)c3ccccc3c3nc(-c5ccc6c7ccccc7c7ccccc7c6c5)cnc34)ccc21. The highest BCUT2D eigenvalue weighted by molar-refractivity contribution is 6.27. The van der Waals surface area contributed by atoms with Crippen molar-refractivity contribution < 1.29 is 0 Å². The smallest absolute Gasteiger partial charge is 0.117 e. The van der Waals surface area contributed by atoms with Gasteiger partial charge in [-0.1, -0.05) is 146 Å². The summed E-state index contributed by atoms with van der Waals surface area (Å²) in [7, 11) is 0. The molecule has 0 unspecified atom stereocenters. The topological polar surface area (TPSA) is 51.6 Å². The van der Waals surface area contributed by atoms with Crippen molar-refractivity contribution in [3.05, 3.63) is 170 Å². The molecular formula is C50H28N4. The predicted molar refractivity (Wildman–Crippen MR) is 226 cm³/mol. The first-order chi connectivity index (χ1) is 26.8. The molecule has 0 amide bonds. The maximum absolute atomic E-state index is 5.31. The van der Waals surface area contributed by atoms with Crippen LogP contribution in [0, 0.1) is 0 Å². The number of hydrogen-bond acceptors (Lipinski definition) is 4. The minimum atomic E-state index is 0.750. The van der Waals surface area contributed by atoms with E-state index in [1.54, 1.807) is 0 Å². The molecule has 0 saturated carbocycles. The zero-order valence-electron chi connectivity index (χ0n) is 29.0. The number of rotatable bonds is 2. The summed E-state index contributed by atoms with van der Waals surface area (Å²) in [6, 6.07) is 56.4. The summed E-state index contributed by atoms with van der Waals surface area (Å²) in [5.74, 6) is 0. The van der Waals surface area contributed by atoms with Gasteiger partial charge in [-0.05, 0) is 76.8 Å². The first kappa shape index (κ1) is 29.3. The van der Waals surface area contributed by atoms with Crippen LogP contribution in [-0.4, -0.2) is 19.9 Å². The maximum atomic E-state index is 5.31. The van der Waals surface area contributed by atoms with Gasteiger partial charge in [0.05, 0.1) is 34.8 Å². The van der Waals surface area contributed by atoms with Crippen LogP contribution in [0.5, 0.6) is 0 Å². The fraction of sp³-hybridized carbons (Fsp3) is 0. The Bertz CT molecular complexity index is 3240. The molecule has 4 heteroatoms. The molecule has 54 heavy (non-hydrogen) atoms. The molecule has 248 valence electrons. The maximum Gasteiger partial charge on any atom is 0.117 e. The van der Waals surface area contributed by atoms with Gasteiger partial charge in [0.2, 0.25) is 0 Å². The van der Waals surface area contributed by atoms with Crippen molar-refractivity contribution in [2.24, 2.45) is 0 Å². The average Bonchev–Trinajstić information content (AvgIpc) is 3.26. The molecule has 12 rings (SSSR count). The van der Waals surface area contributed by atoms with E-state index in [9.17, 15) is 0 Å². The quantitative estimate of drug-likeness (QED) is 0.170. The van der Waals surface area contributed by atoms with Crippen LogP contribution in [0.25, 0.3) is 120 Å². The van der Waals surface area contributed by atoms with Gasteiger partial charge in [0.1, 0.15) is 11.0 Å². The van der Waals surface area contributed by atoms with Crippen molar-refractivity contribution in [3.63, 3.8) is 0 Å². The molecule has 0 fully saturated rings. The Balaban J connectivity index is 1.05. The van der Waals surface area contributed by atoms with E-state index in [0.717, 1.165) is 55.4 Å². The lowest BCUT2D eigenvalue weighted by Crippen LogP contribution is -1.96. The highest BCUT2D eigenvalue weighted by Gasteiger charge is 2.17. The van der Waals surface area contributed by atoms with Crippen molar-refractivity contribution in [1.82, 2.24) is 19.9 Å². The fourth-order valence-electron chi connectivity index (χ4n) is 8.81. The summed E-state index contributed by atoms with van der Waals surface area (Å²) < 4.78 is 0. The molecule has 0 aliphatic rings. The zero-order valence-corrected chi connectivity index (χ0v) is 29.0. The number of benzene rings is 10. The lowest BCUT2D eigenvalue weighted by atomic mass is 9.93. The number of aromatic nitrogens is 4. The van der Waals surface area contributed by atoms with E-state index >= 15 is 0 Å². The first-order valence-electron chi connectivity index (χ1n) is 18.3. The predicted octanol–water partition coefficient (Wildman–Crippen LogP) is 13.0. The van der Waals surface area contributed by atoms with Gasteiger partial charge in [-0.3, -0.25) is 0 Å². The van der Waals surface area contributed by atoms with Gasteiger partial charge in [0.25, 0.3) is 0 Å². The Labute approximate surface area is 309 Å². The van der Waals surface area contributed by atoms with Gasteiger partial charge < -0.3 is 0 Å². The largest absolute Gasteiger partial charge is 0.250 e. The second kappa shape index (κ2) is 11.1. The molecule has 0 aliphatic heterocycles. The van der Waals surface area contributed by atoms with Crippen LogP contribution in [-0.2, 0) is 0 Å². The summed E-state index contributed by atoms with van der Waals surface area (Å²) >= 11 is 0. The molecular weight excluding hydrogens is 657 g/mol. The molecule has 2 heterocycles. The van der Waals surface area contributed by atoms with Crippen LogP contribution in [0.3, 0.4) is 0 Å². The van der Waals surface area contributed by atoms with Crippen molar-refractivity contribution in [2.75, 3.05) is 0 Å². The van der Waals surface area contributed by atoms with E-state index in [1.165, 1.54) is 64.6 Å². The lowest BCUT2D eigenvalue weighted by molar-refractivity contribution is 1.27. The Hall–Kier alpha value is -7.30. The highest BCUT2D eigenvalue weighted by atomic mass is 14.9. The first-order valence-corrected chi connectivity index (χ1v) is 18.3. The van der Waals surface area contributed by atoms with Crippen molar-refractivity contribution in [2.45, 2.75) is 0 Å². The van der Waals surface area contributed by atoms with Crippen LogP contribution >= 0.6 is 0 Å². The minimum Gasteiger partial charge on any atom is -0.250 e. The third-order valence-electron chi connectivity index (χ3n) is 11.3. The number of nitrogens with zero attached hydrogens (tertiary/aromatic N) is 4. The summed E-state index contributed by atoms with van der Waals surface area (Å²) in [6.45, 7) is 0. The van der Waals surface area contributed by atoms with Crippen LogP contribution in [0.4, 0.5) is 0 Å². The third-order valence-corrected chi connectivity index (χ3v) is 11.3. The molecule has 0 saturated heterocycles. The van der Waals surface area contributed by atoms with Gasteiger partial charge in [-0.15, -0.1) is 0 Å². The van der Waals surface area contributed by atoms with E-state index < -0.39 is 0 Å². The van der Waals surface area contributed by atoms with Gasteiger partial charge in [0, 0.05) is 21.9 Å². The summed E-state index contributed by atoms with van der Waals surface area (Å²) in [6.07, 6.45) is 3.77. The lowest BCUT2D eigenvalue weighted by Gasteiger charge is -2.13. The van der Waals surface area contributed by atoms with E-state index in [-0.39, 0.29) is 0 Å². The Morgan fingerprint density at radius 1 is 0.241 bits per heavy atom. The van der Waals surface area contributed by atoms with E-state index in [1.807, 2.05) is 12.4 Å². The van der Waals surface area contributed by atoms with Crippen LogP contribution in [0.2, 0.25) is 0 Å². The molecule has 4 nitrogen and oxygen atoms in total. The fourth-order valence-corrected chi connectivity index (χ4v) is 8.81. The molecule has 12 aromatic rings. The van der Waals surface area contributed by atoms with Crippen LogP contribution in [0.1, 0.15) is 0 Å². The van der Waals surface area contributed by atoms with E-state index in [4.69, 9.17) is 19.9 Å². The normalized spacial score (nSPS) is 12.1. The second-order valence-corrected chi connectivity index (χ2v) is 14.2. The third kappa shape index (κ3) is 4.13. The minimum absolute atomic E-state index is 0.750. The van der Waals surface area contributed by atoms with Crippen molar-refractivity contribution in [3.8, 4) is 22.5 Å². The second-order valence-electron chi connectivity index (χ2n) is 14.2. The standard InChI is InChI=1S/C50H28N4/c1-3-15-35-31(11-1)33-13-5-7-17-37(33)43-25-29(21-23-39(35)43)45-27-51-49-47(53-45)41-19-9-10-20-42(41)48-50(49)52-28-46(54-48)30-22-24-40-36-16-4-2-12-32(36)34-14-6-8-18-38(34)44(40)26-30/h1-28H. The molecule has 0 bridgehead atoms. The van der Waals surface area contributed by atoms with Gasteiger partial charge in [-0.25, -0.2) is 19.9 Å². The summed E-state index contributed by atoms with van der Waals surface area (Å²) in [4.78, 5) is 20.8. The molecule has 0 atom stereocenters. The average molecular weight is 685 g/mol. The zero-order chi connectivity index (χ0) is 35.3. The van der Waals surface area contributed by atoms with Gasteiger partial charge in [-0.2, -0.15) is 0 Å². The monoisotopic (exact) mass is 684 g/mol. The molecule has 2 aromatic heterocycles. The Morgan fingerprint density at radius 2 is 0.519 bits per heavy atom. The number of fused-ring (bicyclic) bond motifs is 18. The Morgan fingerprint density at radius 3 is 0.852 bits per heavy atom. The number of hydrogen-bond donors (Lipinski definition) is 0. The summed E-state index contributed by atoms with van der Waals surface area (Å²) in [5, 5.41) is 16.9. The van der Waals surface area contributed by atoms with Gasteiger partial charge >= 0.3 is 0 Å². The molecule has 0 aliphatic carbocycles. The molecule has 10 aromatic carbocycles. The van der Waals surface area contributed by atoms with Crippen molar-refractivity contribution in [1.29, 1.82) is 0 Å². The van der Waals surface area contributed by atoms with Crippen LogP contribution in [0.15, 0.2) is 170 Å². The molecule has 0 spiro atoms. The van der Waals surface area contributed by atoms with E-state index in [2.05, 4.69) is 158 Å². The Kier molecular flexibility index (Phi) is 6.02. The summed E-state index contributed by atoms with van der Waals surface area (Å²) in [5.41, 5.74) is 6.85. The highest BCUT2D eigenvalue weighted by Crippen LogP contribution is 2.40. The van der Waals surface area contributed by atoms with Crippen LogP contribution < -0.4 is 0 Å². The molecule has 0 N–H and O–H groups in total. The van der Waals surface area contributed by atoms with E-state index in [0.29, 0.717) is 0 Å².